The van der Waals surface area contributed by atoms with Gasteiger partial charge in [-0.25, -0.2) is 0 Å². The maximum absolute atomic E-state index is 9.28. The largest absolute Gasteiger partial charge is 0.377 e. The Morgan fingerprint density at radius 3 is 2.78 bits per heavy atom. The lowest BCUT2D eigenvalue weighted by molar-refractivity contribution is 0.0886. The van der Waals surface area contributed by atoms with Gasteiger partial charge in [-0.1, -0.05) is 30.3 Å². The van der Waals surface area contributed by atoms with Gasteiger partial charge in [-0.3, -0.25) is 0 Å². The minimum absolute atomic E-state index is 0.0100. The molecule has 0 saturated carbocycles. The van der Waals surface area contributed by atoms with Gasteiger partial charge >= 0.3 is 0 Å². The van der Waals surface area contributed by atoms with E-state index in [4.69, 9.17) is 4.74 Å². The van der Waals surface area contributed by atoms with E-state index >= 15 is 0 Å². The second kappa shape index (κ2) is 5.51. The highest BCUT2D eigenvalue weighted by atomic mass is 16.5. The lowest BCUT2D eigenvalue weighted by atomic mass is 9.92. The summed E-state index contributed by atoms with van der Waals surface area (Å²) < 4.78 is 5.59. The van der Waals surface area contributed by atoms with Crippen LogP contribution < -0.4 is 5.32 Å². The number of nitrogens with one attached hydrogen (secondary N) is 1. The van der Waals surface area contributed by atoms with Gasteiger partial charge < -0.3 is 10.1 Å². The highest BCUT2D eigenvalue weighted by Crippen LogP contribution is 2.26. The average Bonchev–Trinajstić information content (AvgIpc) is 2.72. The molecule has 3 heteroatoms. The van der Waals surface area contributed by atoms with Crippen molar-refractivity contribution in [2.24, 2.45) is 0 Å². The molecule has 0 radical (unpaired) electrons. The first-order chi connectivity index (χ1) is 8.65. The molecule has 0 bridgehead atoms. The third-order valence-electron chi connectivity index (χ3n) is 3.95. The lowest BCUT2D eigenvalue weighted by Gasteiger charge is -2.30. The molecular formula is C15H20N2O. The van der Waals surface area contributed by atoms with Crippen LogP contribution in [0.15, 0.2) is 30.3 Å². The molecule has 1 aliphatic heterocycles. The van der Waals surface area contributed by atoms with Gasteiger partial charge in [0.05, 0.1) is 18.1 Å². The zero-order valence-corrected chi connectivity index (χ0v) is 11.0. The molecule has 1 heterocycles. The zero-order chi connectivity index (χ0) is 13.0. The first-order valence-electron chi connectivity index (χ1n) is 6.47. The summed E-state index contributed by atoms with van der Waals surface area (Å²) in [6, 6.07) is 12.3. The van der Waals surface area contributed by atoms with Crippen LogP contribution in [0.2, 0.25) is 0 Å². The Labute approximate surface area is 109 Å². The first kappa shape index (κ1) is 13.1. The van der Waals surface area contributed by atoms with Gasteiger partial charge in [-0.2, -0.15) is 5.26 Å². The summed E-state index contributed by atoms with van der Waals surface area (Å²) in [4.78, 5) is 0. The zero-order valence-electron chi connectivity index (χ0n) is 11.0. The molecule has 3 unspecified atom stereocenters. The van der Waals surface area contributed by atoms with Crippen LogP contribution in [-0.2, 0) is 4.74 Å². The van der Waals surface area contributed by atoms with Crippen LogP contribution in [0, 0.1) is 11.3 Å². The molecule has 1 fully saturated rings. The summed E-state index contributed by atoms with van der Waals surface area (Å²) >= 11 is 0. The molecule has 1 aromatic carbocycles. The lowest BCUT2D eigenvalue weighted by Crippen LogP contribution is -2.49. The van der Waals surface area contributed by atoms with Crippen LogP contribution in [0.4, 0.5) is 0 Å². The second-order valence-electron chi connectivity index (χ2n) is 5.15. The Morgan fingerprint density at radius 2 is 2.22 bits per heavy atom. The summed E-state index contributed by atoms with van der Waals surface area (Å²) in [6.07, 6.45) is 1.20. The SMILES string of the molecule is CC1OCCC1(C)NCC(C#N)c1ccccc1. The van der Waals surface area contributed by atoms with E-state index < -0.39 is 0 Å². The van der Waals surface area contributed by atoms with Crippen molar-refractivity contribution in [3.8, 4) is 6.07 Å². The molecule has 1 aliphatic rings. The van der Waals surface area contributed by atoms with Crippen molar-refractivity contribution in [1.29, 1.82) is 5.26 Å². The normalized spacial score (nSPS) is 28.8. The Morgan fingerprint density at radius 1 is 1.50 bits per heavy atom. The van der Waals surface area contributed by atoms with E-state index in [9.17, 15) is 5.26 Å². The third-order valence-corrected chi connectivity index (χ3v) is 3.95. The predicted molar refractivity (Wildman–Crippen MR) is 71.2 cm³/mol. The van der Waals surface area contributed by atoms with E-state index in [-0.39, 0.29) is 17.6 Å². The van der Waals surface area contributed by atoms with Gasteiger partial charge in [-0.05, 0) is 25.8 Å². The Bertz CT molecular complexity index is 426. The Balaban J connectivity index is 1.99. The molecule has 2 rings (SSSR count). The number of nitrogens with zero attached hydrogens (tertiary/aromatic N) is 1. The summed E-state index contributed by atoms with van der Waals surface area (Å²) in [6.45, 7) is 5.73. The molecule has 1 aromatic rings. The van der Waals surface area contributed by atoms with Crippen molar-refractivity contribution in [2.75, 3.05) is 13.2 Å². The van der Waals surface area contributed by atoms with Gasteiger partial charge in [-0.15, -0.1) is 0 Å². The van der Waals surface area contributed by atoms with E-state index in [0.717, 1.165) is 18.6 Å². The standard InChI is InChI=1S/C15H20N2O/c1-12-15(2,8-9-18-12)17-11-14(10-16)13-6-4-3-5-7-13/h3-7,12,14,17H,8-9,11H2,1-2H3. The minimum Gasteiger partial charge on any atom is -0.377 e. The second-order valence-corrected chi connectivity index (χ2v) is 5.15. The minimum atomic E-state index is -0.101. The van der Waals surface area contributed by atoms with Crippen LogP contribution in [0.3, 0.4) is 0 Å². The third kappa shape index (κ3) is 2.72. The number of rotatable bonds is 4. The van der Waals surface area contributed by atoms with Gasteiger partial charge in [0.2, 0.25) is 0 Å². The fourth-order valence-electron chi connectivity index (χ4n) is 2.33. The molecule has 1 saturated heterocycles. The van der Waals surface area contributed by atoms with Crippen molar-refractivity contribution in [3.05, 3.63) is 35.9 Å². The van der Waals surface area contributed by atoms with Gasteiger partial charge in [0, 0.05) is 18.7 Å². The topological polar surface area (TPSA) is 45.0 Å². The van der Waals surface area contributed by atoms with Crippen molar-refractivity contribution in [2.45, 2.75) is 37.8 Å². The quantitative estimate of drug-likeness (QED) is 0.885. The molecule has 0 spiro atoms. The Hall–Kier alpha value is -1.37. The summed E-state index contributed by atoms with van der Waals surface area (Å²) in [5.74, 6) is -0.101. The predicted octanol–water partition coefficient (Wildman–Crippen LogP) is 2.45. The average molecular weight is 244 g/mol. The van der Waals surface area contributed by atoms with Crippen LogP contribution in [0.1, 0.15) is 31.7 Å². The highest BCUT2D eigenvalue weighted by Gasteiger charge is 2.36. The molecule has 0 aromatic heterocycles. The van der Waals surface area contributed by atoms with E-state index in [2.05, 4.69) is 25.2 Å². The van der Waals surface area contributed by atoms with E-state index in [1.54, 1.807) is 0 Å². The van der Waals surface area contributed by atoms with Crippen LogP contribution in [0.5, 0.6) is 0 Å². The summed E-state index contributed by atoms with van der Waals surface area (Å²) in [7, 11) is 0. The van der Waals surface area contributed by atoms with Gasteiger partial charge in [0.25, 0.3) is 0 Å². The maximum Gasteiger partial charge on any atom is 0.0837 e. The van der Waals surface area contributed by atoms with E-state index in [1.165, 1.54) is 0 Å². The van der Waals surface area contributed by atoms with Crippen molar-refractivity contribution >= 4 is 0 Å². The van der Waals surface area contributed by atoms with Crippen LogP contribution in [-0.4, -0.2) is 24.8 Å². The molecule has 96 valence electrons. The van der Waals surface area contributed by atoms with Crippen molar-refractivity contribution in [3.63, 3.8) is 0 Å². The highest BCUT2D eigenvalue weighted by molar-refractivity contribution is 5.25. The molecule has 1 N–H and O–H groups in total. The molecule has 0 amide bonds. The molecule has 18 heavy (non-hydrogen) atoms. The number of benzene rings is 1. The van der Waals surface area contributed by atoms with E-state index in [0.29, 0.717) is 6.54 Å². The Kier molecular flexibility index (Phi) is 4.00. The number of ether oxygens (including phenoxy) is 1. The molecular weight excluding hydrogens is 224 g/mol. The molecule has 3 nitrogen and oxygen atoms in total. The number of nitriles is 1. The van der Waals surface area contributed by atoms with Crippen LogP contribution in [0.25, 0.3) is 0 Å². The fourth-order valence-corrected chi connectivity index (χ4v) is 2.33. The first-order valence-corrected chi connectivity index (χ1v) is 6.47. The number of hydrogen-bond acceptors (Lipinski definition) is 3. The van der Waals surface area contributed by atoms with Gasteiger partial charge in [0.15, 0.2) is 0 Å². The summed E-state index contributed by atoms with van der Waals surface area (Å²) in [5, 5.41) is 12.8. The van der Waals surface area contributed by atoms with Gasteiger partial charge in [0.1, 0.15) is 0 Å². The van der Waals surface area contributed by atoms with Crippen molar-refractivity contribution < 1.29 is 4.74 Å². The summed E-state index contributed by atoms with van der Waals surface area (Å²) in [5.41, 5.74) is 1.06. The fraction of sp³-hybridized carbons (Fsp3) is 0.533. The molecule has 0 aliphatic carbocycles. The maximum atomic E-state index is 9.28. The van der Waals surface area contributed by atoms with Crippen molar-refractivity contribution in [1.82, 2.24) is 5.32 Å². The number of hydrogen-bond donors (Lipinski definition) is 1. The molecule has 3 atom stereocenters. The van der Waals surface area contributed by atoms with E-state index in [1.807, 2.05) is 30.3 Å². The smallest absolute Gasteiger partial charge is 0.0837 e. The monoisotopic (exact) mass is 244 g/mol. The van der Waals surface area contributed by atoms with Crippen LogP contribution >= 0.6 is 0 Å².